The van der Waals surface area contributed by atoms with Gasteiger partial charge in [-0.3, -0.25) is 4.79 Å². The van der Waals surface area contributed by atoms with Crippen molar-refractivity contribution >= 4 is 11.8 Å². The zero-order valence-electron chi connectivity index (χ0n) is 9.59. The summed E-state index contributed by atoms with van der Waals surface area (Å²) in [6.07, 6.45) is 0. The molecule has 0 atom stereocenters. The number of rotatable bonds is 5. The average molecular weight is 225 g/mol. The lowest BCUT2D eigenvalue weighted by molar-refractivity contribution is 0.0689. The van der Waals surface area contributed by atoms with Gasteiger partial charge in [0.05, 0.1) is 12.3 Å². The van der Waals surface area contributed by atoms with E-state index in [0.717, 1.165) is 0 Å². The molecule has 0 saturated heterocycles. The van der Waals surface area contributed by atoms with Gasteiger partial charge in [0.15, 0.2) is 5.78 Å². The predicted octanol–water partition coefficient (Wildman–Crippen LogP) is 1.76. The van der Waals surface area contributed by atoms with Crippen molar-refractivity contribution in [2.24, 2.45) is 0 Å². The topological polar surface area (TPSA) is 79.4 Å². The summed E-state index contributed by atoms with van der Waals surface area (Å²) in [4.78, 5) is 25.0. The summed E-state index contributed by atoms with van der Waals surface area (Å²) in [7, 11) is 0. The molecule has 0 bridgehead atoms. The first kappa shape index (κ1) is 12.4. The van der Waals surface area contributed by atoms with E-state index in [1.165, 1.54) is 6.92 Å². The molecule has 1 aromatic rings. The number of carboxylic acids is 1. The van der Waals surface area contributed by atoms with Crippen LogP contribution in [0.15, 0.2) is 0 Å². The minimum atomic E-state index is -1.07. The quantitative estimate of drug-likeness (QED) is 0.748. The van der Waals surface area contributed by atoms with E-state index in [1.807, 2.05) is 6.92 Å². The molecule has 0 aliphatic carbocycles. The molecule has 0 spiro atoms. The lowest BCUT2D eigenvalue weighted by Crippen LogP contribution is -2.01. The molecular weight excluding hydrogens is 210 g/mol. The largest absolute Gasteiger partial charge is 0.477 e. The second-order valence-electron chi connectivity index (χ2n) is 3.48. The Morgan fingerprint density at radius 1 is 1.44 bits per heavy atom. The molecule has 1 heterocycles. The zero-order valence-corrected chi connectivity index (χ0v) is 9.59. The number of aromatic amines is 1. The van der Waals surface area contributed by atoms with Gasteiger partial charge in [-0.2, -0.15) is 0 Å². The van der Waals surface area contributed by atoms with Gasteiger partial charge in [0.25, 0.3) is 0 Å². The number of carbonyl (C=O) groups is 2. The van der Waals surface area contributed by atoms with Crippen LogP contribution < -0.4 is 0 Å². The van der Waals surface area contributed by atoms with Gasteiger partial charge < -0.3 is 14.8 Å². The van der Waals surface area contributed by atoms with Crippen LogP contribution in [-0.2, 0) is 11.3 Å². The van der Waals surface area contributed by atoms with Crippen LogP contribution in [0, 0.1) is 6.92 Å². The maximum Gasteiger partial charge on any atom is 0.352 e. The molecule has 16 heavy (non-hydrogen) atoms. The van der Waals surface area contributed by atoms with Crippen molar-refractivity contribution in [1.29, 1.82) is 0 Å². The third-order valence-electron chi connectivity index (χ3n) is 2.34. The number of aromatic nitrogens is 1. The van der Waals surface area contributed by atoms with Crippen molar-refractivity contribution in [3.8, 4) is 0 Å². The molecule has 1 aromatic heterocycles. The van der Waals surface area contributed by atoms with E-state index in [2.05, 4.69) is 4.98 Å². The molecule has 0 aromatic carbocycles. The highest BCUT2D eigenvalue weighted by molar-refractivity contribution is 6.00. The van der Waals surface area contributed by atoms with Gasteiger partial charge in [-0.1, -0.05) is 0 Å². The molecule has 0 fully saturated rings. The van der Waals surface area contributed by atoms with E-state index in [1.54, 1.807) is 6.92 Å². The predicted molar refractivity (Wildman–Crippen MR) is 57.8 cm³/mol. The second-order valence-corrected chi connectivity index (χ2v) is 3.48. The Kier molecular flexibility index (Phi) is 3.84. The van der Waals surface area contributed by atoms with Gasteiger partial charge in [0.2, 0.25) is 0 Å². The number of Topliss-reactive ketones (excluding diaryl/α,β-unsaturated/α-hetero) is 1. The molecule has 5 heteroatoms. The van der Waals surface area contributed by atoms with Crippen LogP contribution in [0.1, 0.15) is 46.0 Å². The molecule has 0 amide bonds. The highest BCUT2D eigenvalue weighted by Gasteiger charge is 2.21. The molecule has 0 aliphatic rings. The van der Waals surface area contributed by atoms with Gasteiger partial charge in [0, 0.05) is 12.2 Å². The van der Waals surface area contributed by atoms with Crippen LogP contribution in [0.5, 0.6) is 0 Å². The van der Waals surface area contributed by atoms with E-state index >= 15 is 0 Å². The van der Waals surface area contributed by atoms with Crippen molar-refractivity contribution in [2.75, 3.05) is 6.61 Å². The average Bonchev–Trinajstić information content (AvgIpc) is 2.52. The molecule has 0 aliphatic heterocycles. The first-order valence-corrected chi connectivity index (χ1v) is 5.02. The van der Waals surface area contributed by atoms with E-state index in [9.17, 15) is 9.59 Å². The van der Waals surface area contributed by atoms with E-state index in [0.29, 0.717) is 23.4 Å². The van der Waals surface area contributed by atoms with E-state index < -0.39 is 5.97 Å². The van der Waals surface area contributed by atoms with Crippen LogP contribution in [0.2, 0.25) is 0 Å². The number of aromatic carboxylic acids is 1. The van der Waals surface area contributed by atoms with Gasteiger partial charge in [-0.15, -0.1) is 0 Å². The van der Waals surface area contributed by atoms with Crippen molar-refractivity contribution in [2.45, 2.75) is 27.4 Å². The Labute approximate surface area is 93.4 Å². The first-order chi connectivity index (χ1) is 7.49. The molecule has 2 N–H and O–H groups in total. The maximum absolute atomic E-state index is 11.4. The third-order valence-corrected chi connectivity index (χ3v) is 2.34. The van der Waals surface area contributed by atoms with Crippen LogP contribution in [-0.4, -0.2) is 28.4 Å². The van der Waals surface area contributed by atoms with Gasteiger partial charge in [-0.05, 0) is 26.3 Å². The maximum atomic E-state index is 11.4. The lowest BCUT2D eigenvalue weighted by Gasteiger charge is -2.01. The fraction of sp³-hybridized carbons (Fsp3) is 0.455. The number of carbonyl (C=O) groups excluding carboxylic acids is 1. The lowest BCUT2D eigenvalue weighted by atomic mass is 10.1. The number of ether oxygens (including phenoxy) is 1. The fourth-order valence-corrected chi connectivity index (χ4v) is 1.66. The Hall–Kier alpha value is -1.62. The monoisotopic (exact) mass is 225 g/mol. The summed E-state index contributed by atoms with van der Waals surface area (Å²) in [5.74, 6) is -1.22. The highest BCUT2D eigenvalue weighted by atomic mass is 16.5. The zero-order chi connectivity index (χ0) is 12.3. The van der Waals surface area contributed by atoms with Gasteiger partial charge in [0.1, 0.15) is 5.69 Å². The second kappa shape index (κ2) is 4.94. The summed E-state index contributed by atoms with van der Waals surface area (Å²) in [6.45, 7) is 5.60. The minimum absolute atomic E-state index is 0.0555. The molecule has 0 unspecified atom stereocenters. The van der Waals surface area contributed by atoms with Crippen LogP contribution in [0.4, 0.5) is 0 Å². The summed E-state index contributed by atoms with van der Waals surface area (Å²) >= 11 is 0. The fourth-order valence-electron chi connectivity index (χ4n) is 1.66. The number of hydrogen-bond acceptors (Lipinski definition) is 3. The normalized spacial score (nSPS) is 10.4. The van der Waals surface area contributed by atoms with Gasteiger partial charge in [-0.25, -0.2) is 4.79 Å². The molecule has 5 nitrogen and oxygen atoms in total. The standard InChI is InChI=1S/C11H15NO4/c1-4-16-5-8-9(7(3)13)6(2)10(12-8)11(14)15/h12H,4-5H2,1-3H3,(H,14,15). The summed E-state index contributed by atoms with van der Waals surface area (Å²) < 4.78 is 5.18. The Morgan fingerprint density at radius 3 is 2.50 bits per heavy atom. The number of ketones is 1. The molecular formula is C11H15NO4. The molecule has 1 rings (SSSR count). The van der Waals surface area contributed by atoms with E-state index in [4.69, 9.17) is 9.84 Å². The van der Waals surface area contributed by atoms with Crippen molar-refractivity contribution in [3.63, 3.8) is 0 Å². The van der Waals surface area contributed by atoms with Crippen molar-refractivity contribution in [3.05, 3.63) is 22.5 Å². The number of H-pyrrole nitrogens is 1. The Morgan fingerprint density at radius 2 is 2.06 bits per heavy atom. The van der Waals surface area contributed by atoms with Crippen LogP contribution >= 0.6 is 0 Å². The van der Waals surface area contributed by atoms with Crippen LogP contribution in [0.25, 0.3) is 0 Å². The van der Waals surface area contributed by atoms with Crippen LogP contribution in [0.3, 0.4) is 0 Å². The minimum Gasteiger partial charge on any atom is -0.477 e. The molecule has 88 valence electrons. The Balaban J connectivity index is 3.20. The summed E-state index contributed by atoms with van der Waals surface area (Å²) in [5.41, 5.74) is 1.48. The number of carboxylic acid groups (broad SMARTS) is 1. The van der Waals surface area contributed by atoms with E-state index in [-0.39, 0.29) is 18.1 Å². The SMILES string of the molecule is CCOCc1[nH]c(C(=O)O)c(C)c1C(C)=O. The Bertz CT molecular complexity index is 420. The first-order valence-electron chi connectivity index (χ1n) is 5.02. The third kappa shape index (κ3) is 2.30. The molecule has 0 radical (unpaired) electrons. The smallest absolute Gasteiger partial charge is 0.352 e. The van der Waals surface area contributed by atoms with Gasteiger partial charge >= 0.3 is 5.97 Å². The summed E-state index contributed by atoms with van der Waals surface area (Å²) in [6, 6.07) is 0. The number of hydrogen-bond donors (Lipinski definition) is 2. The van der Waals surface area contributed by atoms with Crippen molar-refractivity contribution < 1.29 is 19.4 Å². The molecule has 0 saturated carbocycles. The van der Waals surface area contributed by atoms with Crippen molar-refractivity contribution in [1.82, 2.24) is 4.98 Å². The number of nitrogens with one attached hydrogen (secondary N) is 1. The summed E-state index contributed by atoms with van der Waals surface area (Å²) in [5, 5.41) is 8.93. The highest BCUT2D eigenvalue weighted by Crippen LogP contribution is 2.20.